The van der Waals surface area contributed by atoms with Crippen molar-refractivity contribution in [2.75, 3.05) is 12.8 Å². The molecule has 0 aliphatic carbocycles. The normalized spacial score (nSPS) is 11.8. The van der Waals surface area contributed by atoms with E-state index in [4.69, 9.17) is 4.42 Å². The smallest absolute Gasteiger partial charge is 0.208 e. The van der Waals surface area contributed by atoms with Crippen LogP contribution in [0.15, 0.2) is 50.9 Å². The molecule has 0 amide bonds. The fraction of sp³-hybridized carbons (Fsp3) is 0.188. The Bertz CT molecular complexity index is 930. The molecular weight excluding hydrogens is 412 g/mol. The molecule has 0 atom stereocenters. The van der Waals surface area contributed by atoms with E-state index in [0.29, 0.717) is 17.6 Å². The molecule has 3 aromatic rings. The standard InChI is InChI=1S/C16H15BrN2O3S2/c1-24(20,21)18-9-8-11-2-4-12(5-3-11)13-10-23-16(19-13)14-6-7-15(17)22-14/h2-7,10,18H,8-9H2,1H3. The van der Waals surface area contributed by atoms with Gasteiger partial charge in [0.15, 0.2) is 15.4 Å². The molecule has 24 heavy (non-hydrogen) atoms. The first kappa shape index (κ1) is 17.3. The Kier molecular flexibility index (Phi) is 5.19. The summed E-state index contributed by atoms with van der Waals surface area (Å²) < 4.78 is 30.8. The molecule has 1 aromatic carbocycles. The third kappa shape index (κ3) is 4.54. The molecule has 0 unspecified atom stereocenters. The fourth-order valence-corrected chi connectivity index (χ4v) is 3.74. The molecule has 0 aliphatic rings. The van der Waals surface area contributed by atoms with E-state index in [1.807, 2.05) is 41.8 Å². The van der Waals surface area contributed by atoms with E-state index in [1.54, 1.807) is 0 Å². The van der Waals surface area contributed by atoms with Crippen molar-refractivity contribution in [3.8, 4) is 22.0 Å². The highest BCUT2D eigenvalue weighted by molar-refractivity contribution is 9.10. The summed E-state index contributed by atoms with van der Waals surface area (Å²) in [6.07, 6.45) is 1.81. The highest BCUT2D eigenvalue weighted by Crippen LogP contribution is 2.31. The van der Waals surface area contributed by atoms with E-state index in [1.165, 1.54) is 11.3 Å². The first-order valence-corrected chi connectivity index (χ1v) is 10.7. The van der Waals surface area contributed by atoms with E-state index in [-0.39, 0.29) is 0 Å². The van der Waals surface area contributed by atoms with Crippen LogP contribution in [0.5, 0.6) is 0 Å². The van der Waals surface area contributed by atoms with Crippen LogP contribution in [0.25, 0.3) is 22.0 Å². The van der Waals surface area contributed by atoms with Gasteiger partial charge in [-0.15, -0.1) is 11.3 Å². The number of nitrogens with one attached hydrogen (secondary N) is 1. The van der Waals surface area contributed by atoms with Crippen LogP contribution in [0.2, 0.25) is 0 Å². The monoisotopic (exact) mass is 426 g/mol. The van der Waals surface area contributed by atoms with Gasteiger partial charge in [-0.3, -0.25) is 0 Å². The molecule has 1 N–H and O–H groups in total. The third-order valence-corrected chi connectivity index (χ3v) is 5.33. The molecule has 0 radical (unpaired) electrons. The quantitative estimate of drug-likeness (QED) is 0.647. The Morgan fingerprint density at radius 1 is 1.21 bits per heavy atom. The van der Waals surface area contributed by atoms with Crippen molar-refractivity contribution in [2.45, 2.75) is 6.42 Å². The van der Waals surface area contributed by atoms with Gasteiger partial charge in [-0.1, -0.05) is 24.3 Å². The molecule has 0 aliphatic heterocycles. The van der Waals surface area contributed by atoms with Crippen molar-refractivity contribution in [3.05, 3.63) is 52.0 Å². The number of rotatable bonds is 6. The van der Waals surface area contributed by atoms with E-state index in [0.717, 1.165) is 33.8 Å². The van der Waals surface area contributed by atoms with Crippen molar-refractivity contribution >= 4 is 37.3 Å². The topological polar surface area (TPSA) is 72.2 Å². The Hall–Kier alpha value is -1.48. The van der Waals surface area contributed by atoms with Crippen LogP contribution in [0.1, 0.15) is 5.56 Å². The molecule has 126 valence electrons. The molecule has 0 saturated heterocycles. The van der Waals surface area contributed by atoms with Gasteiger partial charge >= 0.3 is 0 Å². The maximum atomic E-state index is 11.1. The molecule has 0 fully saturated rings. The summed E-state index contributed by atoms with van der Waals surface area (Å²) in [4.78, 5) is 4.60. The number of nitrogens with zero attached hydrogens (tertiary/aromatic N) is 1. The summed E-state index contributed by atoms with van der Waals surface area (Å²) in [5, 5.41) is 2.82. The fourth-order valence-electron chi connectivity index (χ4n) is 2.17. The van der Waals surface area contributed by atoms with Crippen LogP contribution in [0, 0.1) is 0 Å². The van der Waals surface area contributed by atoms with Gasteiger partial charge < -0.3 is 4.42 Å². The molecule has 2 heterocycles. The molecule has 0 saturated carbocycles. The zero-order chi connectivity index (χ0) is 17.2. The van der Waals surface area contributed by atoms with Crippen LogP contribution < -0.4 is 4.72 Å². The van der Waals surface area contributed by atoms with Crippen molar-refractivity contribution < 1.29 is 12.8 Å². The lowest BCUT2D eigenvalue weighted by Gasteiger charge is -2.04. The number of halogens is 1. The highest BCUT2D eigenvalue weighted by Gasteiger charge is 2.10. The van der Waals surface area contributed by atoms with Crippen molar-refractivity contribution in [1.29, 1.82) is 0 Å². The zero-order valence-electron chi connectivity index (χ0n) is 12.8. The molecule has 0 bridgehead atoms. The number of hydrogen-bond acceptors (Lipinski definition) is 5. The van der Waals surface area contributed by atoms with Gasteiger partial charge in [0.2, 0.25) is 10.0 Å². The maximum absolute atomic E-state index is 11.1. The largest absolute Gasteiger partial charge is 0.447 e. The number of furan rings is 1. The third-order valence-electron chi connectivity index (χ3n) is 3.32. The van der Waals surface area contributed by atoms with Gasteiger partial charge in [0.05, 0.1) is 11.9 Å². The van der Waals surface area contributed by atoms with Crippen LogP contribution in [-0.2, 0) is 16.4 Å². The van der Waals surface area contributed by atoms with Gasteiger partial charge in [-0.2, -0.15) is 0 Å². The SMILES string of the molecule is CS(=O)(=O)NCCc1ccc(-c2csc(-c3ccc(Br)o3)n2)cc1. The lowest BCUT2D eigenvalue weighted by Crippen LogP contribution is -2.24. The Labute approximate surface area is 152 Å². The summed E-state index contributed by atoms with van der Waals surface area (Å²) in [5.41, 5.74) is 2.98. The van der Waals surface area contributed by atoms with Crippen LogP contribution in [0.4, 0.5) is 0 Å². The van der Waals surface area contributed by atoms with Gasteiger partial charge in [0.1, 0.15) is 0 Å². The highest BCUT2D eigenvalue weighted by atomic mass is 79.9. The average molecular weight is 427 g/mol. The minimum Gasteiger partial charge on any atom is -0.447 e. The summed E-state index contributed by atoms with van der Waals surface area (Å²) in [5.74, 6) is 0.738. The predicted molar refractivity (Wildman–Crippen MR) is 99.5 cm³/mol. The van der Waals surface area contributed by atoms with E-state index >= 15 is 0 Å². The Morgan fingerprint density at radius 3 is 2.58 bits per heavy atom. The Balaban J connectivity index is 1.68. The van der Waals surface area contributed by atoms with Crippen molar-refractivity contribution in [2.24, 2.45) is 0 Å². The lowest BCUT2D eigenvalue weighted by molar-refractivity contribution is 0.555. The summed E-state index contributed by atoms with van der Waals surface area (Å²) in [6.45, 7) is 0.395. The number of benzene rings is 1. The second kappa shape index (κ2) is 7.18. The second-order valence-electron chi connectivity index (χ2n) is 5.26. The molecular formula is C16H15BrN2O3S2. The van der Waals surface area contributed by atoms with Gasteiger partial charge in [-0.05, 0) is 40.0 Å². The van der Waals surface area contributed by atoms with Crippen LogP contribution in [-0.4, -0.2) is 26.2 Å². The summed E-state index contributed by atoms with van der Waals surface area (Å²) in [6, 6.07) is 11.7. The predicted octanol–water partition coefficient (Wildman–Crippen LogP) is 3.92. The Morgan fingerprint density at radius 2 is 1.96 bits per heavy atom. The summed E-state index contributed by atoms with van der Waals surface area (Å²) >= 11 is 4.82. The van der Waals surface area contributed by atoms with Gasteiger partial charge in [0, 0.05) is 17.5 Å². The molecule has 8 heteroatoms. The van der Waals surface area contributed by atoms with Gasteiger partial charge in [0.25, 0.3) is 0 Å². The van der Waals surface area contributed by atoms with E-state index in [2.05, 4.69) is 25.6 Å². The van der Waals surface area contributed by atoms with Crippen molar-refractivity contribution in [1.82, 2.24) is 9.71 Å². The first-order chi connectivity index (χ1) is 11.4. The lowest BCUT2D eigenvalue weighted by atomic mass is 10.1. The molecule has 3 rings (SSSR count). The molecule has 0 spiro atoms. The minimum atomic E-state index is -3.14. The second-order valence-corrected chi connectivity index (χ2v) is 8.73. The van der Waals surface area contributed by atoms with Crippen LogP contribution >= 0.6 is 27.3 Å². The molecule has 2 aromatic heterocycles. The number of hydrogen-bond donors (Lipinski definition) is 1. The van der Waals surface area contributed by atoms with Gasteiger partial charge in [-0.25, -0.2) is 18.1 Å². The van der Waals surface area contributed by atoms with Crippen molar-refractivity contribution in [3.63, 3.8) is 0 Å². The number of sulfonamides is 1. The number of aromatic nitrogens is 1. The van der Waals surface area contributed by atoms with E-state index in [9.17, 15) is 8.42 Å². The minimum absolute atomic E-state index is 0.395. The average Bonchev–Trinajstić information content (AvgIpc) is 3.15. The van der Waals surface area contributed by atoms with E-state index < -0.39 is 10.0 Å². The number of thiazole rings is 1. The zero-order valence-corrected chi connectivity index (χ0v) is 16.0. The first-order valence-electron chi connectivity index (χ1n) is 7.16. The maximum Gasteiger partial charge on any atom is 0.208 e. The van der Waals surface area contributed by atoms with Crippen LogP contribution in [0.3, 0.4) is 0 Å². The summed E-state index contributed by atoms with van der Waals surface area (Å²) in [7, 11) is -3.14. The molecule has 5 nitrogen and oxygen atoms in total.